The van der Waals surface area contributed by atoms with E-state index in [1.807, 2.05) is 41.8 Å². The van der Waals surface area contributed by atoms with Crippen molar-refractivity contribution in [2.75, 3.05) is 33.1 Å². The maximum atomic E-state index is 12.7. The van der Waals surface area contributed by atoms with Gasteiger partial charge in [0.15, 0.2) is 6.61 Å². The van der Waals surface area contributed by atoms with E-state index in [1.165, 1.54) is 39.4 Å². The number of carbonyl (C=O) groups is 2. The molecular weight excluding hydrogens is 458 g/mol. The van der Waals surface area contributed by atoms with Crippen LogP contribution < -0.4 is 10.1 Å². The number of para-hydroxylation sites is 1. The Hall–Kier alpha value is -3.63. The Bertz CT molecular complexity index is 1310. The second-order valence-electron chi connectivity index (χ2n) is 7.73. The number of sulfonamides is 1. The number of anilines is 1. The molecule has 1 N–H and O–H groups in total. The van der Waals surface area contributed by atoms with Gasteiger partial charge in [-0.3, -0.25) is 4.79 Å². The highest BCUT2D eigenvalue weighted by Gasteiger charge is 2.21. The third-order valence-corrected chi connectivity index (χ3v) is 7.03. The van der Waals surface area contributed by atoms with Crippen LogP contribution in [-0.2, 0) is 19.6 Å². The van der Waals surface area contributed by atoms with Crippen molar-refractivity contribution in [2.45, 2.75) is 18.7 Å². The Morgan fingerprint density at radius 1 is 1.03 bits per heavy atom. The molecule has 0 saturated heterocycles. The molecule has 34 heavy (non-hydrogen) atoms. The zero-order chi connectivity index (χ0) is 25.0. The van der Waals surface area contributed by atoms with Crippen LogP contribution in [0.5, 0.6) is 5.75 Å². The summed E-state index contributed by atoms with van der Waals surface area (Å²) in [5, 5.41) is 2.55. The predicted molar refractivity (Wildman–Crippen MR) is 128 cm³/mol. The molecule has 1 aromatic heterocycles. The summed E-state index contributed by atoms with van der Waals surface area (Å²) in [7, 11) is 0.501. The van der Waals surface area contributed by atoms with Gasteiger partial charge in [-0.25, -0.2) is 17.5 Å². The van der Waals surface area contributed by atoms with E-state index in [0.29, 0.717) is 11.3 Å². The van der Waals surface area contributed by atoms with Gasteiger partial charge in [0, 0.05) is 31.2 Å². The molecule has 0 aliphatic carbocycles. The van der Waals surface area contributed by atoms with Gasteiger partial charge in [0.25, 0.3) is 5.91 Å². The average molecular weight is 486 g/mol. The fraction of sp³-hybridized carbons (Fsp3) is 0.250. The molecule has 10 heteroatoms. The van der Waals surface area contributed by atoms with Gasteiger partial charge in [-0.2, -0.15) is 0 Å². The van der Waals surface area contributed by atoms with E-state index in [1.54, 1.807) is 13.0 Å². The number of esters is 1. The van der Waals surface area contributed by atoms with E-state index in [4.69, 9.17) is 9.47 Å². The lowest BCUT2D eigenvalue weighted by Crippen LogP contribution is -2.23. The molecule has 0 atom stereocenters. The van der Waals surface area contributed by atoms with Gasteiger partial charge in [-0.05, 0) is 50.2 Å². The van der Waals surface area contributed by atoms with Crippen LogP contribution in [0.25, 0.3) is 5.69 Å². The zero-order valence-electron chi connectivity index (χ0n) is 19.7. The van der Waals surface area contributed by atoms with E-state index in [9.17, 15) is 18.0 Å². The van der Waals surface area contributed by atoms with Gasteiger partial charge in [0.2, 0.25) is 10.0 Å². The van der Waals surface area contributed by atoms with Gasteiger partial charge in [0.05, 0.1) is 23.3 Å². The first-order valence-corrected chi connectivity index (χ1v) is 11.8. The van der Waals surface area contributed by atoms with E-state index in [2.05, 4.69) is 5.32 Å². The molecule has 3 aromatic rings. The van der Waals surface area contributed by atoms with Crippen LogP contribution in [0.3, 0.4) is 0 Å². The number of nitrogens with zero attached hydrogens (tertiary/aromatic N) is 2. The summed E-state index contributed by atoms with van der Waals surface area (Å²) in [5.41, 5.74) is 2.95. The molecule has 2 aromatic carbocycles. The second kappa shape index (κ2) is 10.1. The Morgan fingerprint density at radius 3 is 2.32 bits per heavy atom. The van der Waals surface area contributed by atoms with Gasteiger partial charge in [-0.15, -0.1) is 0 Å². The summed E-state index contributed by atoms with van der Waals surface area (Å²) in [6.07, 6.45) is 0. The van der Waals surface area contributed by atoms with Gasteiger partial charge < -0.3 is 19.4 Å². The number of amides is 1. The van der Waals surface area contributed by atoms with Crippen LogP contribution >= 0.6 is 0 Å². The van der Waals surface area contributed by atoms with E-state index < -0.39 is 28.5 Å². The van der Waals surface area contributed by atoms with Crippen molar-refractivity contribution >= 4 is 27.6 Å². The molecule has 9 nitrogen and oxygen atoms in total. The summed E-state index contributed by atoms with van der Waals surface area (Å²) >= 11 is 0. The highest BCUT2D eigenvalue weighted by Crippen LogP contribution is 2.28. The van der Waals surface area contributed by atoms with Crippen LogP contribution in [0.4, 0.5) is 5.69 Å². The Balaban J connectivity index is 1.73. The first-order valence-electron chi connectivity index (χ1n) is 10.4. The standard InChI is InChI=1S/C24H27N3O6S/c1-16-13-20(17(2)27(16)18-9-7-6-8-10-18)24(29)33-15-23(28)25-21-14-19(11-12-22(21)32-5)34(30,31)26(3)4/h6-14H,15H2,1-5H3,(H,25,28). The minimum atomic E-state index is -3.71. The molecule has 0 unspecified atom stereocenters. The number of hydrogen-bond donors (Lipinski definition) is 1. The van der Waals surface area contributed by atoms with Gasteiger partial charge in [0.1, 0.15) is 5.75 Å². The monoisotopic (exact) mass is 485 g/mol. The number of aryl methyl sites for hydroxylation is 1. The van der Waals surface area contributed by atoms with E-state index in [-0.39, 0.29) is 16.3 Å². The summed E-state index contributed by atoms with van der Waals surface area (Å²) in [6, 6.07) is 15.4. The second-order valence-corrected chi connectivity index (χ2v) is 9.88. The number of hydrogen-bond acceptors (Lipinski definition) is 6. The number of nitrogens with one attached hydrogen (secondary N) is 1. The quantitative estimate of drug-likeness (QED) is 0.491. The van der Waals surface area contributed by atoms with Crippen molar-refractivity contribution < 1.29 is 27.5 Å². The smallest absolute Gasteiger partial charge is 0.340 e. The zero-order valence-corrected chi connectivity index (χ0v) is 20.5. The molecule has 180 valence electrons. The van der Waals surface area contributed by atoms with Crippen molar-refractivity contribution in [1.82, 2.24) is 8.87 Å². The number of carbonyl (C=O) groups excluding carboxylic acids is 2. The van der Waals surface area contributed by atoms with Crippen molar-refractivity contribution in [3.05, 3.63) is 71.5 Å². The Kier molecular flexibility index (Phi) is 7.43. The lowest BCUT2D eigenvalue weighted by atomic mass is 10.2. The largest absolute Gasteiger partial charge is 0.495 e. The minimum absolute atomic E-state index is 0.0149. The van der Waals surface area contributed by atoms with Crippen LogP contribution in [0.1, 0.15) is 21.7 Å². The van der Waals surface area contributed by atoms with Crippen molar-refractivity contribution in [2.24, 2.45) is 0 Å². The van der Waals surface area contributed by atoms with Crippen LogP contribution in [0.2, 0.25) is 0 Å². The highest BCUT2D eigenvalue weighted by atomic mass is 32.2. The van der Waals surface area contributed by atoms with E-state index >= 15 is 0 Å². The third kappa shape index (κ3) is 5.13. The first-order chi connectivity index (χ1) is 16.1. The Labute approximate surface area is 199 Å². The maximum absolute atomic E-state index is 12.7. The van der Waals surface area contributed by atoms with Crippen molar-refractivity contribution in [3.63, 3.8) is 0 Å². The minimum Gasteiger partial charge on any atom is -0.495 e. The van der Waals surface area contributed by atoms with Crippen LogP contribution in [0.15, 0.2) is 59.5 Å². The summed E-state index contributed by atoms with van der Waals surface area (Å²) in [5.74, 6) is -1.01. The van der Waals surface area contributed by atoms with Gasteiger partial charge >= 0.3 is 5.97 Å². The molecule has 1 amide bonds. The fourth-order valence-electron chi connectivity index (χ4n) is 3.50. The number of methoxy groups -OCH3 is 1. The fourth-order valence-corrected chi connectivity index (χ4v) is 4.42. The highest BCUT2D eigenvalue weighted by molar-refractivity contribution is 7.89. The van der Waals surface area contributed by atoms with E-state index in [0.717, 1.165) is 15.7 Å². The maximum Gasteiger partial charge on any atom is 0.340 e. The SMILES string of the molecule is COc1ccc(S(=O)(=O)N(C)C)cc1NC(=O)COC(=O)c1cc(C)n(-c2ccccc2)c1C. The van der Waals surface area contributed by atoms with Crippen LogP contribution in [0, 0.1) is 13.8 Å². The first kappa shape index (κ1) is 25.0. The molecule has 0 fully saturated rings. The van der Waals surface area contributed by atoms with Crippen molar-refractivity contribution in [1.29, 1.82) is 0 Å². The van der Waals surface area contributed by atoms with Gasteiger partial charge in [-0.1, -0.05) is 18.2 Å². The topological polar surface area (TPSA) is 107 Å². The Morgan fingerprint density at radius 2 is 1.71 bits per heavy atom. The molecule has 0 saturated carbocycles. The molecule has 0 bridgehead atoms. The molecule has 0 aliphatic rings. The molecule has 0 radical (unpaired) electrons. The summed E-state index contributed by atoms with van der Waals surface area (Å²) < 4.78 is 38.2. The molecular formula is C24H27N3O6S. The van der Waals surface area contributed by atoms with Crippen LogP contribution in [-0.4, -0.2) is 57.0 Å². The molecule has 3 rings (SSSR count). The summed E-state index contributed by atoms with van der Waals surface area (Å²) in [4.78, 5) is 25.1. The third-order valence-electron chi connectivity index (χ3n) is 5.22. The lowest BCUT2D eigenvalue weighted by molar-refractivity contribution is -0.119. The number of rotatable bonds is 8. The average Bonchev–Trinajstić information content (AvgIpc) is 3.11. The number of aromatic nitrogens is 1. The number of benzene rings is 2. The van der Waals surface area contributed by atoms with Crippen molar-refractivity contribution in [3.8, 4) is 11.4 Å². The lowest BCUT2D eigenvalue weighted by Gasteiger charge is -2.15. The molecule has 0 spiro atoms. The molecule has 1 heterocycles. The normalized spacial score (nSPS) is 11.4. The number of ether oxygens (including phenoxy) is 2. The molecule has 0 aliphatic heterocycles. The predicted octanol–water partition coefficient (Wildman–Crippen LogP) is 3.15. The summed E-state index contributed by atoms with van der Waals surface area (Å²) in [6.45, 7) is 3.13.